The number of aryl methyl sites for hydroxylation is 3. The van der Waals surface area contributed by atoms with Gasteiger partial charge in [0.15, 0.2) is 0 Å². The number of hydrogen-bond donors (Lipinski definition) is 0. The highest BCUT2D eigenvalue weighted by molar-refractivity contribution is 7.26. The van der Waals surface area contributed by atoms with Crippen LogP contribution < -0.4 is 4.90 Å². The molecule has 25 heavy (non-hydrogen) atoms. The fourth-order valence-electron chi connectivity index (χ4n) is 3.72. The highest BCUT2D eigenvalue weighted by Crippen LogP contribution is 2.42. The molecule has 1 aromatic heterocycles. The van der Waals surface area contributed by atoms with Crippen LogP contribution >= 0.6 is 11.3 Å². The zero-order valence-electron chi connectivity index (χ0n) is 15.3. The third-order valence-electron chi connectivity index (χ3n) is 5.04. The lowest BCUT2D eigenvalue weighted by Gasteiger charge is -2.22. The molecule has 0 N–H and O–H groups in total. The molecule has 0 atom stereocenters. The number of nitrogens with zero attached hydrogens (tertiary/aromatic N) is 1. The zero-order chi connectivity index (χ0) is 17.6. The first kappa shape index (κ1) is 16.2. The summed E-state index contributed by atoms with van der Waals surface area (Å²) >= 11 is 1.93. The van der Waals surface area contributed by atoms with Gasteiger partial charge in [0.1, 0.15) is 0 Å². The van der Waals surface area contributed by atoms with Gasteiger partial charge in [0, 0.05) is 28.2 Å². The van der Waals surface area contributed by atoms with E-state index in [1.807, 2.05) is 11.3 Å². The van der Waals surface area contributed by atoms with E-state index in [1.165, 1.54) is 48.2 Å². The van der Waals surface area contributed by atoms with E-state index >= 15 is 0 Å². The van der Waals surface area contributed by atoms with Crippen molar-refractivity contribution in [1.29, 1.82) is 0 Å². The summed E-state index contributed by atoms with van der Waals surface area (Å²) in [5.74, 6) is 0. The molecule has 0 spiro atoms. The first-order valence-corrected chi connectivity index (χ1v) is 9.66. The maximum Gasteiger partial charge on any atom is 0.0592 e. The molecule has 0 aliphatic carbocycles. The SMILES string of the molecule is CCc1cccc2c1sc1c(N(C)c3ccc(C)cc3C)cccc12. The highest BCUT2D eigenvalue weighted by Gasteiger charge is 2.15. The van der Waals surface area contributed by atoms with Gasteiger partial charge in [-0.1, -0.05) is 55.0 Å². The summed E-state index contributed by atoms with van der Waals surface area (Å²) in [6.45, 7) is 6.58. The van der Waals surface area contributed by atoms with Crippen molar-refractivity contribution in [2.75, 3.05) is 11.9 Å². The molecule has 0 bridgehead atoms. The molecular weight excluding hydrogens is 322 g/mol. The number of anilines is 2. The van der Waals surface area contributed by atoms with E-state index in [0.29, 0.717) is 0 Å². The van der Waals surface area contributed by atoms with Crippen LogP contribution in [0.1, 0.15) is 23.6 Å². The Labute approximate surface area is 153 Å². The number of benzene rings is 3. The van der Waals surface area contributed by atoms with Gasteiger partial charge in [0.2, 0.25) is 0 Å². The number of hydrogen-bond acceptors (Lipinski definition) is 2. The van der Waals surface area contributed by atoms with Crippen molar-refractivity contribution in [2.24, 2.45) is 0 Å². The maximum atomic E-state index is 2.33. The Kier molecular flexibility index (Phi) is 4.01. The Morgan fingerprint density at radius 2 is 1.56 bits per heavy atom. The van der Waals surface area contributed by atoms with Gasteiger partial charge in [-0.2, -0.15) is 0 Å². The molecule has 0 radical (unpaired) electrons. The minimum absolute atomic E-state index is 1.08. The van der Waals surface area contributed by atoms with E-state index in [2.05, 4.69) is 87.3 Å². The van der Waals surface area contributed by atoms with Crippen LogP contribution in [0.5, 0.6) is 0 Å². The molecule has 4 aromatic rings. The third-order valence-corrected chi connectivity index (χ3v) is 6.36. The van der Waals surface area contributed by atoms with Crippen molar-refractivity contribution in [3.63, 3.8) is 0 Å². The fraction of sp³-hybridized carbons (Fsp3) is 0.217. The monoisotopic (exact) mass is 345 g/mol. The normalized spacial score (nSPS) is 11.4. The van der Waals surface area contributed by atoms with Gasteiger partial charge in [-0.15, -0.1) is 11.3 Å². The minimum atomic E-state index is 1.08. The molecule has 0 saturated heterocycles. The lowest BCUT2D eigenvalue weighted by molar-refractivity contribution is 1.16. The molecule has 0 aliphatic heterocycles. The first-order valence-electron chi connectivity index (χ1n) is 8.84. The van der Waals surface area contributed by atoms with Gasteiger partial charge in [-0.25, -0.2) is 0 Å². The molecule has 126 valence electrons. The van der Waals surface area contributed by atoms with Crippen molar-refractivity contribution in [3.05, 3.63) is 71.3 Å². The summed E-state index contributed by atoms with van der Waals surface area (Å²) in [5.41, 5.74) is 6.62. The van der Waals surface area contributed by atoms with E-state index in [-0.39, 0.29) is 0 Å². The summed E-state index contributed by atoms with van der Waals surface area (Å²) < 4.78 is 2.81. The second-order valence-electron chi connectivity index (χ2n) is 6.75. The minimum Gasteiger partial charge on any atom is -0.343 e. The van der Waals surface area contributed by atoms with Gasteiger partial charge >= 0.3 is 0 Å². The van der Waals surface area contributed by atoms with Crippen molar-refractivity contribution in [3.8, 4) is 0 Å². The Balaban J connectivity index is 1.96. The average molecular weight is 346 g/mol. The van der Waals surface area contributed by atoms with Crippen LogP contribution in [-0.2, 0) is 6.42 Å². The van der Waals surface area contributed by atoms with Crippen LogP contribution in [0.25, 0.3) is 20.2 Å². The lowest BCUT2D eigenvalue weighted by atomic mass is 10.1. The fourth-order valence-corrected chi connectivity index (χ4v) is 5.15. The lowest BCUT2D eigenvalue weighted by Crippen LogP contribution is -2.10. The second kappa shape index (κ2) is 6.20. The second-order valence-corrected chi connectivity index (χ2v) is 7.77. The van der Waals surface area contributed by atoms with E-state index in [9.17, 15) is 0 Å². The van der Waals surface area contributed by atoms with Crippen LogP contribution in [-0.4, -0.2) is 7.05 Å². The van der Waals surface area contributed by atoms with E-state index in [4.69, 9.17) is 0 Å². The molecule has 0 saturated carbocycles. The van der Waals surface area contributed by atoms with Gasteiger partial charge in [0.05, 0.1) is 10.4 Å². The van der Waals surface area contributed by atoms with Crippen molar-refractivity contribution < 1.29 is 0 Å². The highest BCUT2D eigenvalue weighted by atomic mass is 32.1. The van der Waals surface area contributed by atoms with Crippen LogP contribution in [0.15, 0.2) is 54.6 Å². The standard InChI is InChI=1S/C23H23NS/c1-5-17-8-6-9-18-19-10-7-11-21(23(19)25-22(17)18)24(4)20-13-12-15(2)14-16(20)3/h6-14H,5H2,1-4H3. The zero-order valence-corrected chi connectivity index (χ0v) is 16.1. The quantitative estimate of drug-likeness (QED) is 0.386. The summed E-state index contributed by atoms with van der Waals surface area (Å²) in [4.78, 5) is 2.33. The van der Waals surface area contributed by atoms with Crippen LogP contribution in [0.3, 0.4) is 0 Å². The Hall–Kier alpha value is -2.32. The molecule has 0 aliphatic rings. The predicted octanol–water partition coefficient (Wildman–Crippen LogP) is 7.00. The Bertz CT molecular complexity index is 1070. The van der Waals surface area contributed by atoms with Gasteiger partial charge < -0.3 is 4.90 Å². The molecule has 1 nitrogen and oxygen atoms in total. The Morgan fingerprint density at radius 1 is 0.840 bits per heavy atom. The van der Waals surface area contributed by atoms with Gasteiger partial charge in [-0.3, -0.25) is 0 Å². The molecule has 3 aromatic carbocycles. The largest absolute Gasteiger partial charge is 0.343 e. The van der Waals surface area contributed by atoms with Crippen molar-refractivity contribution in [2.45, 2.75) is 27.2 Å². The molecule has 2 heteroatoms. The van der Waals surface area contributed by atoms with E-state index in [1.54, 1.807) is 0 Å². The third kappa shape index (κ3) is 2.61. The number of thiophene rings is 1. The van der Waals surface area contributed by atoms with E-state index in [0.717, 1.165) is 6.42 Å². The molecule has 0 amide bonds. The summed E-state index contributed by atoms with van der Waals surface area (Å²) in [7, 11) is 2.18. The number of fused-ring (bicyclic) bond motifs is 3. The molecule has 4 rings (SSSR count). The first-order chi connectivity index (χ1) is 12.1. The van der Waals surface area contributed by atoms with E-state index < -0.39 is 0 Å². The van der Waals surface area contributed by atoms with Crippen molar-refractivity contribution in [1.82, 2.24) is 0 Å². The summed E-state index contributed by atoms with van der Waals surface area (Å²) in [6, 6.07) is 20.1. The van der Waals surface area contributed by atoms with Crippen LogP contribution in [0, 0.1) is 13.8 Å². The predicted molar refractivity (Wildman–Crippen MR) is 113 cm³/mol. The maximum absolute atomic E-state index is 2.33. The van der Waals surface area contributed by atoms with Crippen LogP contribution in [0.4, 0.5) is 11.4 Å². The molecule has 0 unspecified atom stereocenters. The number of rotatable bonds is 3. The van der Waals surface area contributed by atoms with Gasteiger partial charge in [-0.05, 0) is 43.5 Å². The molecular formula is C23H23NS. The molecule has 1 heterocycles. The molecule has 0 fully saturated rings. The summed E-state index contributed by atoms with van der Waals surface area (Å²) in [5, 5.41) is 2.75. The Morgan fingerprint density at radius 3 is 2.28 bits per heavy atom. The average Bonchev–Trinajstić information content (AvgIpc) is 3.00. The van der Waals surface area contributed by atoms with Crippen LogP contribution in [0.2, 0.25) is 0 Å². The topological polar surface area (TPSA) is 3.24 Å². The van der Waals surface area contributed by atoms with Crippen molar-refractivity contribution >= 4 is 42.9 Å². The smallest absolute Gasteiger partial charge is 0.0592 e. The summed E-state index contributed by atoms with van der Waals surface area (Å²) in [6.07, 6.45) is 1.08. The van der Waals surface area contributed by atoms with Gasteiger partial charge in [0.25, 0.3) is 0 Å².